The summed E-state index contributed by atoms with van der Waals surface area (Å²) in [5.41, 5.74) is 5.11. The van der Waals surface area contributed by atoms with E-state index in [-0.39, 0.29) is 17.3 Å². The zero-order valence-electron chi connectivity index (χ0n) is 12.2. The summed E-state index contributed by atoms with van der Waals surface area (Å²) in [5.74, 6) is -0.963. The molecule has 0 aliphatic carbocycles. The molecule has 1 rings (SSSR count). The Hall–Kier alpha value is -0.850. The summed E-state index contributed by atoms with van der Waals surface area (Å²) in [6, 6.07) is 2.25. The second-order valence-electron chi connectivity index (χ2n) is 4.97. The van der Waals surface area contributed by atoms with Gasteiger partial charge in [0.1, 0.15) is 4.90 Å². The molecule has 120 valence electrons. The van der Waals surface area contributed by atoms with Crippen molar-refractivity contribution in [3.05, 3.63) is 23.0 Å². The molecule has 3 N–H and O–H groups in total. The first-order valence-corrected chi connectivity index (χ1v) is 8.98. The van der Waals surface area contributed by atoms with Crippen LogP contribution >= 0.6 is 11.6 Å². The van der Waals surface area contributed by atoms with Crippen molar-refractivity contribution >= 4 is 27.3 Å². The van der Waals surface area contributed by atoms with E-state index < -0.39 is 20.7 Å². The van der Waals surface area contributed by atoms with Crippen LogP contribution in [0.25, 0.3) is 0 Å². The molecule has 0 aliphatic rings. The smallest absolute Gasteiger partial charge is 0.243 e. The van der Waals surface area contributed by atoms with Crippen LogP contribution < -0.4 is 10.5 Å². The van der Waals surface area contributed by atoms with E-state index in [1.807, 2.05) is 0 Å². The van der Waals surface area contributed by atoms with Crippen LogP contribution in [0.1, 0.15) is 45.4 Å². The van der Waals surface area contributed by atoms with Gasteiger partial charge in [0.2, 0.25) is 10.0 Å². The van der Waals surface area contributed by atoms with Crippen molar-refractivity contribution in [1.29, 1.82) is 0 Å². The highest BCUT2D eigenvalue weighted by Crippen LogP contribution is 2.25. The van der Waals surface area contributed by atoms with Gasteiger partial charge in [-0.25, -0.2) is 17.5 Å². The molecule has 0 aromatic heterocycles. The molecular weight excluding hydrogens is 315 g/mol. The van der Waals surface area contributed by atoms with Crippen molar-refractivity contribution < 1.29 is 12.8 Å². The highest BCUT2D eigenvalue weighted by molar-refractivity contribution is 7.89. The Balaban J connectivity index is 2.55. The number of nitrogens with one attached hydrogen (secondary N) is 1. The molecular formula is C14H22ClFN2O2S. The fraction of sp³-hybridized carbons (Fsp3) is 0.571. The van der Waals surface area contributed by atoms with Gasteiger partial charge in [-0.2, -0.15) is 0 Å². The van der Waals surface area contributed by atoms with Crippen LogP contribution in [0, 0.1) is 5.82 Å². The van der Waals surface area contributed by atoms with Crippen molar-refractivity contribution in [2.45, 2.75) is 50.3 Å². The summed E-state index contributed by atoms with van der Waals surface area (Å²) in [4.78, 5) is -0.501. The monoisotopic (exact) mass is 336 g/mol. The van der Waals surface area contributed by atoms with Gasteiger partial charge in [0.05, 0.1) is 5.69 Å². The SMILES string of the molecule is CCCCCCCCNS(=O)(=O)c1cc(Cl)cc(N)c1F. The third-order valence-corrected chi connectivity index (χ3v) is 4.82. The van der Waals surface area contributed by atoms with Crippen molar-refractivity contribution in [2.24, 2.45) is 0 Å². The van der Waals surface area contributed by atoms with Gasteiger partial charge in [-0.05, 0) is 18.6 Å². The molecule has 0 radical (unpaired) electrons. The Bertz CT molecular complexity index is 564. The minimum atomic E-state index is -3.92. The maximum atomic E-state index is 13.8. The predicted octanol–water partition coefficient (Wildman–Crippen LogP) is 3.70. The minimum absolute atomic E-state index is 0.0915. The van der Waals surface area contributed by atoms with Crippen LogP contribution in [-0.2, 0) is 10.0 Å². The summed E-state index contributed by atoms with van der Waals surface area (Å²) in [5, 5.41) is 0.0915. The topological polar surface area (TPSA) is 72.2 Å². The number of rotatable bonds is 9. The lowest BCUT2D eigenvalue weighted by Gasteiger charge is -2.09. The summed E-state index contributed by atoms with van der Waals surface area (Å²) in [7, 11) is -3.92. The standard InChI is InChI=1S/C14H22ClFN2O2S/c1-2-3-4-5-6-7-8-18-21(19,20)13-10-11(15)9-12(17)14(13)16/h9-10,18H,2-8,17H2,1H3. The maximum Gasteiger partial charge on any atom is 0.243 e. The fourth-order valence-electron chi connectivity index (χ4n) is 1.97. The molecule has 0 saturated heterocycles. The summed E-state index contributed by atoms with van der Waals surface area (Å²) in [6.07, 6.45) is 6.26. The molecule has 7 heteroatoms. The van der Waals surface area contributed by atoms with E-state index in [1.54, 1.807) is 0 Å². The van der Waals surface area contributed by atoms with E-state index in [0.29, 0.717) is 0 Å². The van der Waals surface area contributed by atoms with Crippen molar-refractivity contribution in [2.75, 3.05) is 12.3 Å². The van der Waals surface area contributed by atoms with Gasteiger partial charge < -0.3 is 5.73 Å². The molecule has 1 aromatic rings. The Labute approximate surface area is 130 Å². The van der Waals surface area contributed by atoms with Crippen molar-refractivity contribution in [1.82, 2.24) is 4.72 Å². The number of sulfonamides is 1. The van der Waals surface area contributed by atoms with Gasteiger partial charge in [-0.1, -0.05) is 50.6 Å². The maximum absolute atomic E-state index is 13.8. The van der Waals surface area contributed by atoms with Gasteiger partial charge in [0.25, 0.3) is 0 Å². The van der Waals surface area contributed by atoms with E-state index in [1.165, 1.54) is 18.9 Å². The normalized spacial score (nSPS) is 11.8. The zero-order chi connectivity index (χ0) is 15.9. The number of hydrogen-bond acceptors (Lipinski definition) is 3. The van der Waals surface area contributed by atoms with Crippen LogP contribution in [-0.4, -0.2) is 15.0 Å². The van der Waals surface area contributed by atoms with Gasteiger partial charge in [-0.3, -0.25) is 0 Å². The number of anilines is 1. The van der Waals surface area contributed by atoms with Gasteiger partial charge in [0.15, 0.2) is 5.82 Å². The molecule has 0 saturated carbocycles. The number of nitrogens with two attached hydrogens (primary N) is 1. The molecule has 0 heterocycles. The second kappa shape index (κ2) is 8.56. The Morgan fingerprint density at radius 1 is 1.19 bits per heavy atom. The first-order valence-electron chi connectivity index (χ1n) is 7.12. The molecule has 0 bridgehead atoms. The van der Waals surface area contributed by atoms with Crippen LogP contribution in [0.15, 0.2) is 17.0 Å². The third kappa shape index (κ3) is 5.80. The molecule has 0 spiro atoms. The number of unbranched alkanes of at least 4 members (excludes halogenated alkanes) is 5. The molecule has 0 amide bonds. The summed E-state index contributed by atoms with van der Waals surface area (Å²) < 4.78 is 40.2. The molecule has 21 heavy (non-hydrogen) atoms. The third-order valence-electron chi connectivity index (χ3n) is 3.14. The Morgan fingerprint density at radius 2 is 1.81 bits per heavy atom. The number of nitrogen functional groups attached to an aromatic ring is 1. The Morgan fingerprint density at radius 3 is 2.48 bits per heavy atom. The largest absolute Gasteiger partial charge is 0.396 e. The lowest BCUT2D eigenvalue weighted by molar-refractivity contribution is 0.551. The number of halogens is 2. The van der Waals surface area contributed by atoms with E-state index >= 15 is 0 Å². The quantitative estimate of drug-likeness (QED) is 0.533. The van der Waals surface area contributed by atoms with Crippen molar-refractivity contribution in [3.8, 4) is 0 Å². The molecule has 0 unspecified atom stereocenters. The highest BCUT2D eigenvalue weighted by Gasteiger charge is 2.21. The highest BCUT2D eigenvalue weighted by atomic mass is 35.5. The predicted molar refractivity (Wildman–Crippen MR) is 84.4 cm³/mol. The van der Waals surface area contributed by atoms with Crippen LogP contribution in [0.4, 0.5) is 10.1 Å². The summed E-state index contributed by atoms with van der Waals surface area (Å²) >= 11 is 5.72. The first-order chi connectivity index (χ1) is 9.88. The van der Waals surface area contributed by atoms with Gasteiger partial charge in [-0.15, -0.1) is 0 Å². The first kappa shape index (κ1) is 18.2. The minimum Gasteiger partial charge on any atom is -0.396 e. The van der Waals surface area contributed by atoms with Crippen LogP contribution in [0.2, 0.25) is 5.02 Å². The number of benzene rings is 1. The average Bonchev–Trinajstić information content (AvgIpc) is 2.41. The van der Waals surface area contributed by atoms with E-state index in [4.69, 9.17) is 17.3 Å². The van der Waals surface area contributed by atoms with Crippen LogP contribution in [0.5, 0.6) is 0 Å². The number of hydrogen-bond donors (Lipinski definition) is 2. The lowest BCUT2D eigenvalue weighted by atomic mass is 10.1. The second-order valence-corrected chi connectivity index (χ2v) is 7.14. The van der Waals surface area contributed by atoms with Gasteiger partial charge >= 0.3 is 0 Å². The van der Waals surface area contributed by atoms with Gasteiger partial charge in [0, 0.05) is 11.6 Å². The molecule has 0 aliphatic heterocycles. The molecule has 4 nitrogen and oxygen atoms in total. The summed E-state index contributed by atoms with van der Waals surface area (Å²) in [6.45, 7) is 2.42. The van der Waals surface area contributed by atoms with E-state index in [0.717, 1.165) is 31.7 Å². The zero-order valence-corrected chi connectivity index (χ0v) is 13.7. The average molecular weight is 337 g/mol. The van der Waals surface area contributed by atoms with E-state index in [2.05, 4.69) is 11.6 Å². The van der Waals surface area contributed by atoms with Crippen molar-refractivity contribution in [3.63, 3.8) is 0 Å². The van der Waals surface area contributed by atoms with E-state index in [9.17, 15) is 12.8 Å². The van der Waals surface area contributed by atoms with Crippen LogP contribution in [0.3, 0.4) is 0 Å². The lowest BCUT2D eigenvalue weighted by Crippen LogP contribution is -2.26. The molecule has 0 fully saturated rings. The molecule has 1 aromatic carbocycles. The molecule has 0 atom stereocenters. The fourth-order valence-corrected chi connectivity index (χ4v) is 3.47. The Kier molecular flexibility index (Phi) is 7.42.